The van der Waals surface area contributed by atoms with Crippen LogP contribution in [0.5, 0.6) is 0 Å². The molecule has 0 aromatic heterocycles. The summed E-state index contributed by atoms with van der Waals surface area (Å²) < 4.78 is 0. The topological polar surface area (TPSA) is 23.8 Å². The molecule has 1 heteroatoms. The third-order valence-electron chi connectivity index (χ3n) is 7.15. The summed E-state index contributed by atoms with van der Waals surface area (Å²) >= 11 is 0. The Kier molecular flexibility index (Phi) is 7.87. The Balaban J connectivity index is 1.46. The monoisotopic (exact) mass is 469 g/mol. The highest BCUT2D eigenvalue weighted by atomic mass is 14.2. The van der Waals surface area contributed by atoms with Crippen molar-refractivity contribution in [2.45, 2.75) is 53.9 Å². The minimum Gasteiger partial charge on any atom is -0.193 e. The molecule has 4 rings (SSSR count). The van der Waals surface area contributed by atoms with Gasteiger partial charge in [0.25, 0.3) is 0 Å². The molecule has 0 fully saturated rings. The average Bonchev–Trinajstić information content (AvgIpc) is 3.56. The third kappa shape index (κ3) is 5.67. The van der Waals surface area contributed by atoms with Crippen molar-refractivity contribution in [3.63, 3.8) is 0 Å². The molecule has 0 heterocycles. The summed E-state index contributed by atoms with van der Waals surface area (Å²) in [5, 5.41) is 9.06. The molecule has 36 heavy (non-hydrogen) atoms. The molecule has 2 aliphatic carbocycles. The van der Waals surface area contributed by atoms with Crippen LogP contribution in [0.2, 0.25) is 0 Å². The molecule has 0 atom stereocenters. The van der Waals surface area contributed by atoms with E-state index in [9.17, 15) is 0 Å². The number of hydrogen-bond donors (Lipinski definition) is 0. The van der Waals surface area contributed by atoms with Crippen molar-refractivity contribution in [2.75, 3.05) is 0 Å². The van der Waals surface area contributed by atoms with Crippen LogP contribution in [0, 0.1) is 25.2 Å². The van der Waals surface area contributed by atoms with Gasteiger partial charge in [-0.2, -0.15) is 5.26 Å². The number of allylic oxidation sites excluding steroid dienone is 14. The highest BCUT2D eigenvalue weighted by Gasteiger charge is 2.14. The predicted molar refractivity (Wildman–Crippen MR) is 155 cm³/mol. The van der Waals surface area contributed by atoms with Gasteiger partial charge >= 0.3 is 0 Å². The molecule has 1 nitrogen and oxygen atoms in total. The van der Waals surface area contributed by atoms with Crippen LogP contribution in [0.15, 0.2) is 107 Å². The van der Waals surface area contributed by atoms with E-state index >= 15 is 0 Å². The van der Waals surface area contributed by atoms with E-state index < -0.39 is 0 Å². The van der Waals surface area contributed by atoms with Gasteiger partial charge < -0.3 is 0 Å². The number of nitrogens with zero attached hydrogens (tertiary/aromatic N) is 1. The van der Waals surface area contributed by atoms with Crippen LogP contribution >= 0.6 is 0 Å². The molecule has 0 bridgehead atoms. The molecule has 0 N–H and O–H groups in total. The summed E-state index contributed by atoms with van der Waals surface area (Å²) in [7, 11) is 0. The van der Waals surface area contributed by atoms with Crippen LogP contribution in [-0.2, 0) is 0 Å². The molecule has 2 aliphatic rings. The van der Waals surface area contributed by atoms with E-state index in [4.69, 9.17) is 5.26 Å². The molecule has 0 amide bonds. The second kappa shape index (κ2) is 11.2. The first-order valence-electron chi connectivity index (χ1n) is 12.8. The van der Waals surface area contributed by atoms with Gasteiger partial charge in [0.05, 0.1) is 6.07 Å². The minimum atomic E-state index is 0.762. The highest BCUT2D eigenvalue weighted by molar-refractivity contribution is 5.80. The molecule has 0 spiro atoms. The molecule has 180 valence electrons. The highest BCUT2D eigenvalue weighted by Crippen LogP contribution is 2.35. The van der Waals surface area contributed by atoms with E-state index in [2.05, 4.69) is 106 Å². The van der Waals surface area contributed by atoms with Crippen molar-refractivity contribution in [3.05, 3.63) is 130 Å². The van der Waals surface area contributed by atoms with E-state index in [-0.39, 0.29) is 0 Å². The van der Waals surface area contributed by atoms with E-state index in [1.54, 1.807) is 0 Å². The summed E-state index contributed by atoms with van der Waals surface area (Å²) in [5.41, 5.74) is 15.0. The molecular formula is C35H35N. The van der Waals surface area contributed by atoms with Crippen molar-refractivity contribution in [1.82, 2.24) is 0 Å². The molecule has 2 aromatic rings. The van der Waals surface area contributed by atoms with Crippen molar-refractivity contribution in [3.8, 4) is 17.2 Å². The minimum absolute atomic E-state index is 0.762. The molecule has 0 unspecified atom stereocenters. The first-order chi connectivity index (χ1) is 17.4. The van der Waals surface area contributed by atoms with Crippen LogP contribution < -0.4 is 0 Å². The zero-order valence-corrected chi connectivity index (χ0v) is 22.2. The largest absolute Gasteiger partial charge is 0.193 e. The maximum Gasteiger partial charge on any atom is 0.0946 e. The van der Waals surface area contributed by atoms with Crippen molar-refractivity contribution < 1.29 is 0 Å². The zero-order chi connectivity index (χ0) is 25.7. The van der Waals surface area contributed by atoms with Gasteiger partial charge in [-0.3, -0.25) is 0 Å². The first kappa shape index (κ1) is 25.2. The Morgan fingerprint density at radius 3 is 1.81 bits per heavy atom. The molecule has 0 saturated carbocycles. The van der Waals surface area contributed by atoms with Crippen molar-refractivity contribution in [1.29, 1.82) is 5.26 Å². The fourth-order valence-electron chi connectivity index (χ4n) is 4.76. The van der Waals surface area contributed by atoms with Gasteiger partial charge in [0.2, 0.25) is 0 Å². The van der Waals surface area contributed by atoms with Gasteiger partial charge in [0.1, 0.15) is 0 Å². The van der Waals surface area contributed by atoms with Gasteiger partial charge in [0.15, 0.2) is 0 Å². The van der Waals surface area contributed by atoms with Crippen LogP contribution in [-0.4, -0.2) is 0 Å². The number of aryl methyl sites for hydroxylation is 2. The number of nitriles is 1. The maximum atomic E-state index is 9.06. The second-order valence-corrected chi connectivity index (χ2v) is 9.84. The smallest absolute Gasteiger partial charge is 0.0946 e. The standard InChI is InChI=1S/C35H35N/c1-6-7-8-28-11-13-32(21-28)30-15-17-34(25(3)19-30)35-18-16-31(20-26(35)4)33-14-12-29(22-33)10-9-24(2)27(5)23-36/h7-20H,6,21-22H2,1-5H3/b8-7+,10-9+,27-24-. The predicted octanol–water partition coefficient (Wildman–Crippen LogP) is 9.78. The normalized spacial score (nSPS) is 16.1. The van der Waals surface area contributed by atoms with Gasteiger partial charge in [-0.1, -0.05) is 91.9 Å². The van der Waals surface area contributed by atoms with Crippen molar-refractivity contribution >= 4 is 11.1 Å². The van der Waals surface area contributed by atoms with E-state index in [0.29, 0.717) is 0 Å². The lowest BCUT2D eigenvalue weighted by atomic mass is 9.90. The van der Waals surface area contributed by atoms with Gasteiger partial charge in [0, 0.05) is 5.57 Å². The number of hydrogen-bond acceptors (Lipinski definition) is 1. The van der Waals surface area contributed by atoms with E-state index in [1.165, 1.54) is 55.7 Å². The second-order valence-electron chi connectivity index (χ2n) is 9.84. The molecule has 2 aromatic carbocycles. The molecule has 0 saturated heterocycles. The lowest BCUT2D eigenvalue weighted by Gasteiger charge is -2.14. The van der Waals surface area contributed by atoms with Crippen LogP contribution in [0.4, 0.5) is 0 Å². The summed E-state index contributed by atoms with van der Waals surface area (Å²) in [5.74, 6) is 0. The fraction of sp³-hybridized carbons (Fsp3) is 0.229. The Morgan fingerprint density at radius 2 is 1.33 bits per heavy atom. The number of benzene rings is 2. The Labute approximate surface area is 216 Å². The molecular weight excluding hydrogens is 434 g/mol. The van der Waals surface area contributed by atoms with Gasteiger partial charge in [-0.05, 0) is 108 Å². The van der Waals surface area contributed by atoms with Crippen molar-refractivity contribution in [2.24, 2.45) is 0 Å². The summed E-state index contributed by atoms with van der Waals surface area (Å²) in [6, 6.07) is 15.9. The Hall–Kier alpha value is -3.89. The molecule has 0 radical (unpaired) electrons. The van der Waals surface area contributed by atoms with Crippen LogP contribution in [0.3, 0.4) is 0 Å². The van der Waals surface area contributed by atoms with Crippen LogP contribution in [0.1, 0.15) is 62.3 Å². The van der Waals surface area contributed by atoms with Gasteiger partial charge in [-0.15, -0.1) is 0 Å². The lowest BCUT2D eigenvalue weighted by molar-refractivity contribution is 1.21. The van der Waals surface area contributed by atoms with E-state index in [0.717, 1.165) is 30.4 Å². The average molecular weight is 470 g/mol. The third-order valence-corrected chi connectivity index (χ3v) is 7.15. The fourth-order valence-corrected chi connectivity index (χ4v) is 4.76. The molecule has 0 aliphatic heterocycles. The van der Waals surface area contributed by atoms with Gasteiger partial charge in [-0.25, -0.2) is 0 Å². The number of rotatable bonds is 7. The SMILES string of the molecule is CC/C=C/C1=CC=C(c2ccc(-c3ccc(C4=CC=C(/C=C/C(C)=C(/C)C#N)C4)cc3C)c(C)c2)C1. The zero-order valence-electron chi connectivity index (χ0n) is 22.2. The first-order valence-corrected chi connectivity index (χ1v) is 12.8. The summed E-state index contributed by atoms with van der Waals surface area (Å²) in [4.78, 5) is 0. The van der Waals surface area contributed by atoms with Crippen LogP contribution in [0.25, 0.3) is 22.3 Å². The Morgan fingerprint density at radius 1 is 0.806 bits per heavy atom. The van der Waals surface area contributed by atoms with E-state index in [1.807, 2.05) is 19.9 Å². The summed E-state index contributed by atoms with van der Waals surface area (Å²) in [6.07, 6.45) is 20.6. The maximum absolute atomic E-state index is 9.06. The summed E-state index contributed by atoms with van der Waals surface area (Å²) in [6.45, 7) is 10.5. The lowest BCUT2D eigenvalue weighted by Crippen LogP contribution is -1.92. The Bertz CT molecular complexity index is 1440. The quantitative estimate of drug-likeness (QED) is 0.292.